The Morgan fingerprint density at radius 3 is 2.33 bits per heavy atom. The molecule has 0 atom stereocenters. The number of amides is 1. The van der Waals surface area contributed by atoms with Crippen LogP contribution in [0.2, 0.25) is 0 Å². The molecule has 0 heterocycles. The van der Waals surface area contributed by atoms with Crippen molar-refractivity contribution in [1.82, 2.24) is 5.43 Å². The minimum Gasteiger partial charge on any atom is -0.488 e. The second-order valence-electron chi connectivity index (χ2n) is 7.98. The zero-order valence-corrected chi connectivity index (χ0v) is 17.4. The van der Waals surface area contributed by atoms with Gasteiger partial charge in [0.25, 0.3) is 5.91 Å². The highest BCUT2D eigenvalue weighted by molar-refractivity contribution is 5.97. The molecule has 3 aromatic carbocycles. The smallest absolute Gasteiger partial charge is 0.275 e. The fourth-order valence-corrected chi connectivity index (χ4v) is 2.82. The Morgan fingerprint density at radius 1 is 1.00 bits per heavy atom. The molecule has 0 unspecified atom stereocenters. The van der Waals surface area contributed by atoms with Crippen molar-refractivity contribution in [3.63, 3.8) is 0 Å². The molecule has 0 saturated heterocycles. The summed E-state index contributed by atoms with van der Waals surface area (Å²) in [6.07, 6.45) is 1.60. The van der Waals surface area contributed by atoms with Gasteiger partial charge in [-0.3, -0.25) is 4.79 Å². The van der Waals surface area contributed by atoms with E-state index in [1.807, 2.05) is 12.1 Å². The van der Waals surface area contributed by atoms with E-state index in [9.17, 15) is 9.18 Å². The van der Waals surface area contributed by atoms with Crippen LogP contribution in [0.15, 0.2) is 77.9 Å². The van der Waals surface area contributed by atoms with Crippen LogP contribution in [0.4, 0.5) is 4.39 Å². The van der Waals surface area contributed by atoms with E-state index in [-0.39, 0.29) is 23.7 Å². The maximum atomic E-state index is 13.0. The van der Waals surface area contributed by atoms with E-state index >= 15 is 0 Å². The van der Waals surface area contributed by atoms with Gasteiger partial charge in [0.05, 0.1) is 11.8 Å². The lowest BCUT2D eigenvalue weighted by molar-refractivity contribution is 0.0950. The Balaban J connectivity index is 1.62. The van der Waals surface area contributed by atoms with Crippen LogP contribution in [-0.4, -0.2) is 12.1 Å². The van der Waals surface area contributed by atoms with Crippen molar-refractivity contribution >= 4 is 12.1 Å². The summed E-state index contributed by atoms with van der Waals surface area (Å²) < 4.78 is 18.8. The van der Waals surface area contributed by atoms with Crippen molar-refractivity contribution in [3.8, 4) is 5.75 Å². The summed E-state index contributed by atoms with van der Waals surface area (Å²) >= 11 is 0. The fourth-order valence-electron chi connectivity index (χ4n) is 2.82. The van der Waals surface area contributed by atoms with Crippen LogP contribution in [0, 0.1) is 5.82 Å². The maximum absolute atomic E-state index is 13.0. The Kier molecular flexibility index (Phi) is 6.62. The van der Waals surface area contributed by atoms with Crippen LogP contribution >= 0.6 is 0 Å². The lowest BCUT2D eigenvalue weighted by Gasteiger charge is -2.18. The van der Waals surface area contributed by atoms with Gasteiger partial charge < -0.3 is 4.74 Å². The van der Waals surface area contributed by atoms with Gasteiger partial charge >= 0.3 is 0 Å². The number of ether oxygens (including phenoxy) is 1. The average Bonchev–Trinajstić information content (AvgIpc) is 2.73. The molecule has 3 aromatic rings. The average molecular weight is 404 g/mol. The van der Waals surface area contributed by atoms with Crippen LogP contribution in [0.3, 0.4) is 0 Å². The number of para-hydroxylation sites is 1. The van der Waals surface area contributed by atoms with Crippen LogP contribution in [0.1, 0.15) is 47.8 Å². The third kappa shape index (κ3) is 5.77. The van der Waals surface area contributed by atoms with Gasteiger partial charge in [-0.05, 0) is 46.4 Å². The molecule has 3 rings (SSSR count). The number of nitrogens with zero attached hydrogens (tertiary/aromatic N) is 1. The zero-order chi connectivity index (χ0) is 21.6. The third-order valence-corrected chi connectivity index (χ3v) is 4.60. The Bertz CT molecular complexity index is 1020. The van der Waals surface area contributed by atoms with Gasteiger partial charge in [0.15, 0.2) is 0 Å². The highest BCUT2D eigenvalue weighted by atomic mass is 19.1. The molecule has 0 spiro atoms. The van der Waals surface area contributed by atoms with E-state index in [0.717, 1.165) is 11.1 Å². The predicted molar refractivity (Wildman–Crippen MR) is 117 cm³/mol. The summed E-state index contributed by atoms with van der Waals surface area (Å²) in [7, 11) is 0. The monoisotopic (exact) mass is 404 g/mol. The van der Waals surface area contributed by atoms with Gasteiger partial charge in [0.1, 0.15) is 18.2 Å². The van der Waals surface area contributed by atoms with Gasteiger partial charge in [0.2, 0.25) is 0 Å². The first-order valence-electron chi connectivity index (χ1n) is 9.73. The number of rotatable bonds is 6. The normalized spacial score (nSPS) is 11.5. The summed E-state index contributed by atoms with van der Waals surface area (Å²) in [5.74, 6) is -0.235. The molecule has 4 nitrogen and oxygen atoms in total. The SMILES string of the molecule is CC(C)(C)c1ccc(/C=N\NC(=O)c2ccccc2OCc2ccc(F)cc2)cc1. The summed E-state index contributed by atoms with van der Waals surface area (Å²) in [4.78, 5) is 12.5. The molecular formula is C25H25FN2O2. The molecule has 0 fully saturated rings. The quantitative estimate of drug-likeness (QED) is 0.438. The molecule has 154 valence electrons. The van der Waals surface area contributed by atoms with Gasteiger partial charge in [-0.1, -0.05) is 69.3 Å². The number of benzene rings is 3. The first-order valence-corrected chi connectivity index (χ1v) is 9.73. The zero-order valence-electron chi connectivity index (χ0n) is 17.4. The van der Waals surface area contributed by atoms with Crippen LogP contribution in [0.25, 0.3) is 0 Å². The topological polar surface area (TPSA) is 50.7 Å². The van der Waals surface area contributed by atoms with E-state index in [4.69, 9.17) is 4.74 Å². The molecule has 0 bridgehead atoms. The van der Waals surface area contributed by atoms with E-state index in [0.29, 0.717) is 11.3 Å². The van der Waals surface area contributed by atoms with Gasteiger partial charge in [-0.25, -0.2) is 9.82 Å². The third-order valence-electron chi connectivity index (χ3n) is 4.60. The highest BCUT2D eigenvalue weighted by Crippen LogP contribution is 2.22. The van der Waals surface area contributed by atoms with Crippen molar-refractivity contribution in [3.05, 3.63) is 101 Å². The van der Waals surface area contributed by atoms with E-state index in [2.05, 4.69) is 43.4 Å². The summed E-state index contributed by atoms with van der Waals surface area (Å²) in [6.45, 7) is 6.71. The maximum Gasteiger partial charge on any atom is 0.275 e. The number of hydrazone groups is 1. The van der Waals surface area contributed by atoms with Crippen molar-refractivity contribution in [1.29, 1.82) is 0 Å². The minimum absolute atomic E-state index is 0.0848. The Hall–Kier alpha value is -3.47. The van der Waals surface area contributed by atoms with E-state index in [1.165, 1.54) is 17.7 Å². The molecule has 1 amide bonds. The fraction of sp³-hybridized carbons (Fsp3) is 0.200. The van der Waals surface area contributed by atoms with Crippen LogP contribution in [-0.2, 0) is 12.0 Å². The highest BCUT2D eigenvalue weighted by Gasteiger charge is 2.13. The first-order chi connectivity index (χ1) is 14.3. The molecule has 0 aromatic heterocycles. The second kappa shape index (κ2) is 9.35. The molecule has 0 radical (unpaired) electrons. The predicted octanol–water partition coefficient (Wildman–Crippen LogP) is 5.47. The minimum atomic E-state index is -0.368. The van der Waals surface area contributed by atoms with Crippen LogP contribution < -0.4 is 10.2 Å². The Labute approximate surface area is 176 Å². The molecule has 0 aliphatic rings. The standard InChI is InChI=1S/C25H25FN2O2/c1-25(2,3)20-12-8-18(9-13-20)16-27-28-24(29)22-6-4-5-7-23(22)30-17-19-10-14-21(26)15-11-19/h4-16H,17H2,1-3H3,(H,28,29)/b27-16-. The van der Waals surface area contributed by atoms with Crippen LogP contribution in [0.5, 0.6) is 5.75 Å². The lowest BCUT2D eigenvalue weighted by Crippen LogP contribution is -2.18. The number of hydrogen-bond acceptors (Lipinski definition) is 3. The number of halogens is 1. The molecule has 0 aliphatic heterocycles. The summed E-state index contributed by atoms with van der Waals surface area (Å²) in [5.41, 5.74) is 5.93. The van der Waals surface area contributed by atoms with E-state index < -0.39 is 0 Å². The first kappa shape index (κ1) is 21.2. The van der Waals surface area contributed by atoms with Gasteiger partial charge in [0, 0.05) is 0 Å². The van der Waals surface area contributed by atoms with Crippen molar-refractivity contribution in [2.45, 2.75) is 32.8 Å². The van der Waals surface area contributed by atoms with Crippen molar-refractivity contribution in [2.75, 3.05) is 0 Å². The summed E-state index contributed by atoms with van der Waals surface area (Å²) in [5, 5.41) is 4.06. The molecular weight excluding hydrogens is 379 g/mol. The van der Waals surface area contributed by atoms with E-state index in [1.54, 1.807) is 42.6 Å². The second-order valence-corrected chi connectivity index (χ2v) is 7.98. The molecule has 30 heavy (non-hydrogen) atoms. The largest absolute Gasteiger partial charge is 0.488 e. The Morgan fingerprint density at radius 2 is 1.67 bits per heavy atom. The molecule has 0 aliphatic carbocycles. The van der Waals surface area contributed by atoms with Crippen molar-refractivity contribution in [2.24, 2.45) is 5.10 Å². The number of carbonyl (C=O) groups excluding carboxylic acids is 1. The molecule has 1 N–H and O–H groups in total. The summed E-state index contributed by atoms with van der Waals surface area (Å²) in [6, 6.07) is 21.0. The molecule has 5 heteroatoms. The lowest BCUT2D eigenvalue weighted by atomic mass is 9.87. The number of nitrogens with one attached hydrogen (secondary N) is 1. The van der Waals surface area contributed by atoms with Crippen molar-refractivity contribution < 1.29 is 13.9 Å². The number of carbonyl (C=O) groups is 1. The number of hydrogen-bond donors (Lipinski definition) is 1. The van der Waals surface area contributed by atoms with Gasteiger partial charge in [-0.15, -0.1) is 0 Å². The van der Waals surface area contributed by atoms with Gasteiger partial charge in [-0.2, -0.15) is 5.10 Å². The molecule has 0 saturated carbocycles.